The molecule has 0 saturated carbocycles. The quantitative estimate of drug-likeness (QED) is 0.825. The third-order valence-corrected chi connectivity index (χ3v) is 2.63. The van der Waals surface area contributed by atoms with Crippen molar-refractivity contribution in [3.63, 3.8) is 0 Å². The number of hydrogen-bond acceptors (Lipinski definition) is 5. The first-order valence-electron chi connectivity index (χ1n) is 5.87. The first kappa shape index (κ1) is 15.0. The maximum absolute atomic E-state index is 5.47. The van der Waals surface area contributed by atoms with Crippen LogP contribution in [0.5, 0.6) is 5.88 Å². The summed E-state index contributed by atoms with van der Waals surface area (Å²) in [5.41, 5.74) is 1.05. The average molecular weight is 362 g/mol. The van der Waals surface area contributed by atoms with Gasteiger partial charge < -0.3 is 15.0 Å². The molecule has 1 aliphatic rings. The molecule has 5 nitrogen and oxygen atoms in total. The summed E-state index contributed by atoms with van der Waals surface area (Å²) < 4.78 is 5.47. The number of hydrogen-bond donors (Lipinski definition) is 1. The molecule has 0 unspecified atom stereocenters. The lowest BCUT2D eigenvalue weighted by Crippen LogP contribution is -2.35. The first-order chi connectivity index (χ1) is 8.31. The Balaban J connectivity index is 0.00000162. The van der Waals surface area contributed by atoms with Crippen molar-refractivity contribution >= 4 is 29.9 Å². The van der Waals surface area contributed by atoms with Crippen molar-refractivity contribution in [2.45, 2.75) is 13.5 Å². The van der Waals surface area contributed by atoms with Gasteiger partial charge in [-0.1, -0.05) is 6.07 Å². The van der Waals surface area contributed by atoms with Crippen LogP contribution in [0.2, 0.25) is 0 Å². The van der Waals surface area contributed by atoms with Crippen LogP contribution in [0.3, 0.4) is 0 Å². The van der Waals surface area contributed by atoms with E-state index in [0.29, 0.717) is 19.0 Å². The van der Waals surface area contributed by atoms with Gasteiger partial charge in [-0.05, 0) is 13.0 Å². The van der Waals surface area contributed by atoms with E-state index in [-0.39, 0.29) is 24.0 Å². The van der Waals surface area contributed by atoms with Gasteiger partial charge in [0.05, 0.1) is 13.2 Å². The molecule has 1 N–H and O–H groups in total. The van der Waals surface area contributed by atoms with Gasteiger partial charge in [-0.2, -0.15) is 0 Å². The third-order valence-electron chi connectivity index (χ3n) is 2.63. The predicted octanol–water partition coefficient (Wildman–Crippen LogP) is 1.49. The molecule has 0 radical (unpaired) electrons. The fourth-order valence-electron chi connectivity index (χ4n) is 1.72. The Morgan fingerprint density at radius 2 is 2.33 bits per heavy atom. The average Bonchev–Trinajstić information content (AvgIpc) is 2.74. The molecule has 0 bridgehead atoms. The summed E-state index contributed by atoms with van der Waals surface area (Å²) in [6.45, 7) is 5.12. The van der Waals surface area contributed by atoms with Gasteiger partial charge in [0.2, 0.25) is 5.88 Å². The molecule has 1 aromatic rings. The zero-order chi connectivity index (χ0) is 12.1. The molecule has 100 valence electrons. The maximum Gasteiger partial charge on any atom is 0.218 e. The fourth-order valence-corrected chi connectivity index (χ4v) is 1.72. The molecule has 0 aliphatic carbocycles. The number of rotatable bonds is 4. The Kier molecular flexibility index (Phi) is 6.17. The molecule has 0 amide bonds. The van der Waals surface area contributed by atoms with Crippen LogP contribution in [-0.4, -0.2) is 42.6 Å². The largest absolute Gasteiger partial charge is 0.478 e. The predicted molar refractivity (Wildman–Crippen MR) is 82.6 cm³/mol. The van der Waals surface area contributed by atoms with Crippen molar-refractivity contribution in [3.8, 4) is 5.88 Å². The van der Waals surface area contributed by atoms with E-state index in [1.54, 1.807) is 6.20 Å². The number of nitrogens with zero attached hydrogens (tertiary/aromatic N) is 3. The highest BCUT2D eigenvalue weighted by molar-refractivity contribution is 14.0. The number of ether oxygens (including phenoxy) is 1. The topological polar surface area (TPSA) is 49.8 Å². The van der Waals surface area contributed by atoms with Crippen molar-refractivity contribution in [1.29, 1.82) is 0 Å². The minimum atomic E-state index is 0. The van der Waals surface area contributed by atoms with Crippen molar-refractivity contribution in [3.05, 3.63) is 23.9 Å². The van der Waals surface area contributed by atoms with Crippen LogP contribution < -0.4 is 10.1 Å². The molecular weight excluding hydrogens is 343 g/mol. The van der Waals surface area contributed by atoms with E-state index in [1.165, 1.54) is 0 Å². The zero-order valence-corrected chi connectivity index (χ0v) is 13.0. The zero-order valence-electron chi connectivity index (χ0n) is 10.7. The monoisotopic (exact) mass is 362 g/mol. The summed E-state index contributed by atoms with van der Waals surface area (Å²) in [6, 6.07) is 3.93. The van der Waals surface area contributed by atoms with Crippen LogP contribution in [0.25, 0.3) is 0 Å². The molecule has 1 aliphatic heterocycles. The molecule has 2 rings (SSSR count). The van der Waals surface area contributed by atoms with E-state index >= 15 is 0 Å². The van der Waals surface area contributed by atoms with Crippen molar-refractivity contribution in [2.75, 3.05) is 26.7 Å². The summed E-state index contributed by atoms with van der Waals surface area (Å²) in [4.78, 5) is 10.7. The summed E-state index contributed by atoms with van der Waals surface area (Å²) in [7, 11) is 2.03. The van der Waals surface area contributed by atoms with E-state index in [0.717, 1.165) is 24.6 Å². The summed E-state index contributed by atoms with van der Waals surface area (Å²) >= 11 is 0. The van der Waals surface area contributed by atoms with Gasteiger partial charge in [0.15, 0.2) is 5.96 Å². The van der Waals surface area contributed by atoms with Gasteiger partial charge in [-0.3, -0.25) is 4.99 Å². The summed E-state index contributed by atoms with van der Waals surface area (Å²) in [5, 5.41) is 3.30. The summed E-state index contributed by atoms with van der Waals surface area (Å²) in [6.07, 6.45) is 1.74. The number of nitrogens with one attached hydrogen (secondary N) is 1. The Morgan fingerprint density at radius 1 is 1.50 bits per heavy atom. The molecule has 2 heterocycles. The van der Waals surface area contributed by atoms with Gasteiger partial charge >= 0.3 is 0 Å². The first-order valence-corrected chi connectivity index (χ1v) is 5.87. The SMILES string of the molecule is CCOc1ncccc1CNC1=NCCN1C.I. The lowest BCUT2D eigenvalue weighted by molar-refractivity contribution is 0.322. The van der Waals surface area contributed by atoms with Crippen molar-refractivity contribution in [1.82, 2.24) is 15.2 Å². The van der Waals surface area contributed by atoms with Crippen LogP contribution in [0, 0.1) is 0 Å². The van der Waals surface area contributed by atoms with Crippen molar-refractivity contribution < 1.29 is 4.74 Å². The highest BCUT2D eigenvalue weighted by atomic mass is 127. The number of guanidine groups is 1. The number of pyridine rings is 1. The maximum atomic E-state index is 5.47. The molecular formula is C12H19IN4O. The second kappa shape index (κ2) is 7.40. The molecule has 0 saturated heterocycles. The van der Waals surface area contributed by atoms with E-state index in [2.05, 4.69) is 20.2 Å². The van der Waals surface area contributed by atoms with E-state index in [1.807, 2.05) is 26.1 Å². The third kappa shape index (κ3) is 3.72. The Labute approximate surface area is 125 Å². The highest BCUT2D eigenvalue weighted by Crippen LogP contribution is 2.13. The van der Waals surface area contributed by atoms with Crippen LogP contribution in [0.15, 0.2) is 23.3 Å². The second-order valence-corrected chi connectivity index (χ2v) is 3.88. The fraction of sp³-hybridized carbons (Fsp3) is 0.500. The molecule has 1 aromatic heterocycles. The molecule has 18 heavy (non-hydrogen) atoms. The number of aromatic nitrogens is 1. The van der Waals surface area contributed by atoms with Crippen LogP contribution in [0.1, 0.15) is 12.5 Å². The lowest BCUT2D eigenvalue weighted by Gasteiger charge is -2.16. The van der Waals surface area contributed by atoms with Crippen LogP contribution in [-0.2, 0) is 6.54 Å². The van der Waals surface area contributed by atoms with Gasteiger partial charge in [0.1, 0.15) is 0 Å². The molecule has 6 heteroatoms. The van der Waals surface area contributed by atoms with Gasteiger partial charge in [-0.25, -0.2) is 4.98 Å². The lowest BCUT2D eigenvalue weighted by atomic mass is 10.2. The van der Waals surface area contributed by atoms with Gasteiger partial charge in [-0.15, -0.1) is 24.0 Å². The second-order valence-electron chi connectivity index (χ2n) is 3.88. The Morgan fingerprint density at radius 3 is 3.00 bits per heavy atom. The molecule has 0 aromatic carbocycles. The van der Waals surface area contributed by atoms with E-state index in [9.17, 15) is 0 Å². The molecule has 0 fully saturated rings. The van der Waals surface area contributed by atoms with Gasteiger partial charge in [0, 0.05) is 31.9 Å². The van der Waals surface area contributed by atoms with Crippen LogP contribution >= 0.6 is 24.0 Å². The summed E-state index contributed by atoms with van der Waals surface area (Å²) in [5.74, 6) is 1.64. The normalized spacial score (nSPS) is 13.9. The highest BCUT2D eigenvalue weighted by Gasteiger charge is 2.12. The number of aliphatic imine (C=N–C) groups is 1. The minimum absolute atomic E-state index is 0. The standard InChI is InChI=1S/C12H18N4O.HI/c1-3-17-11-10(5-4-6-13-11)9-15-12-14-7-8-16(12)2;/h4-6H,3,7-9H2,1-2H3,(H,14,15);1H. The van der Waals surface area contributed by atoms with E-state index < -0.39 is 0 Å². The van der Waals surface area contributed by atoms with Crippen molar-refractivity contribution in [2.24, 2.45) is 4.99 Å². The van der Waals surface area contributed by atoms with E-state index in [4.69, 9.17) is 4.74 Å². The minimum Gasteiger partial charge on any atom is -0.478 e. The molecule has 0 spiro atoms. The number of likely N-dealkylation sites (N-methyl/N-ethyl adjacent to an activating group) is 1. The van der Waals surface area contributed by atoms with Crippen LogP contribution in [0.4, 0.5) is 0 Å². The number of halogens is 1. The smallest absolute Gasteiger partial charge is 0.218 e. The Hall–Kier alpha value is -1.05. The molecule has 0 atom stereocenters. The Bertz CT molecular complexity index is 411. The van der Waals surface area contributed by atoms with Gasteiger partial charge in [0.25, 0.3) is 0 Å².